The zero-order valence-electron chi connectivity index (χ0n) is 36.7. The summed E-state index contributed by atoms with van der Waals surface area (Å²) < 4.78 is 32.7. The number of phosphoric acid groups is 1. The molecule has 0 spiro atoms. The first-order valence-electron chi connectivity index (χ1n) is 22.5. The van der Waals surface area contributed by atoms with E-state index in [0.29, 0.717) is 12.8 Å². The molecule has 0 aromatic heterocycles. The highest BCUT2D eigenvalue weighted by atomic mass is 31.2. The molecule has 0 heterocycles. The number of unbranched alkanes of at least 4 members (excludes halogenated alkanes) is 13. The van der Waals surface area contributed by atoms with Crippen molar-refractivity contribution in [2.24, 2.45) is 0 Å². The molecule has 0 amide bonds. The first kappa shape index (κ1) is 56.1. The Morgan fingerprint density at radius 1 is 0.508 bits per heavy atom. The highest BCUT2D eigenvalue weighted by molar-refractivity contribution is 7.47. The molecule has 0 aliphatic heterocycles. The molecule has 1 unspecified atom stereocenters. The number of hydrogen-bond acceptors (Lipinski definition) is 9. The highest BCUT2D eigenvalue weighted by Gasteiger charge is 2.27. The lowest BCUT2D eigenvalue weighted by Gasteiger charge is -2.20. The zero-order chi connectivity index (χ0) is 43.3. The van der Waals surface area contributed by atoms with Crippen molar-refractivity contribution in [2.45, 2.75) is 180 Å². The van der Waals surface area contributed by atoms with E-state index < -0.39 is 51.8 Å². The molecule has 0 rings (SSSR count). The van der Waals surface area contributed by atoms with E-state index in [2.05, 4.69) is 91.3 Å². The third-order valence-corrected chi connectivity index (χ3v) is 9.99. The first-order chi connectivity index (χ1) is 28.7. The van der Waals surface area contributed by atoms with E-state index in [9.17, 15) is 24.2 Å². The van der Waals surface area contributed by atoms with Gasteiger partial charge in [-0.1, -0.05) is 157 Å². The van der Waals surface area contributed by atoms with E-state index in [0.717, 1.165) is 64.2 Å². The van der Waals surface area contributed by atoms with Crippen molar-refractivity contribution in [1.29, 1.82) is 0 Å². The minimum absolute atomic E-state index is 0.112. The highest BCUT2D eigenvalue weighted by Crippen LogP contribution is 2.43. The number of carbonyl (C=O) groups excluding carboxylic acids is 2. The predicted octanol–water partition coefficient (Wildman–Crippen LogP) is 12.2. The van der Waals surface area contributed by atoms with Crippen LogP contribution < -0.4 is 0 Å². The van der Waals surface area contributed by atoms with Crippen LogP contribution in [0.25, 0.3) is 0 Å². The SMILES string of the molecule is CCCCC/C=C/C/C=C/C/C=C/C/C=C/C/C=C/CCC(=O)OC[C@H](COP(=O)(O)OC[C@@H](O)CO)OC(=O)CCCCCCCCC/C=C/C/C=C/CCCCC. The molecule has 0 aliphatic carbocycles. The molecule has 0 saturated carbocycles. The van der Waals surface area contributed by atoms with Gasteiger partial charge in [0.1, 0.15) is 12.7 Å². The number of carbonyl (C=O) groups is 2. The van der Waals surface area contributed by atoms with Crippen molar-refractivity contribution in [1.82, 2.24) is 0 Å². The van der Waals surface area contributed by atoms with Crippen molar-refractivity contribution in [3.8, 4) is 0 Å². The van der Waals surface area contributed by atoms with Crippen molar-refractivity contribution in [2.75, 3.05) is 26.4 Å². The molecule has 0 aromatic rings. The fraction of sp³-hybridized carbons (Fsp3) is 0.667. The standard InChI is InChI=1S/C48H81O10P/c1-3-5-7-9-11-13-15-17-19-21-22-24-25-27-29-31-33-35-37-39-47(51)55-43-46(44-57-59(53,54)56-42-45(50)41-49)58-48(52)40-38-36-34-32-30-28-26-23-20-18-16-14-12-10-8-6-4-2/h11-14,17-20,22,24,27,29,33,35,45-46,49-50H,3-10,15-16,21,23,25-26,28,30-32,34,36-44H2,1-2H3,(H,53,54)/b13-11+,14-12+,19-17+,20-18+,24-22+,29-27+,35-33+/t45-,46+/m0/s1. The van der Waals surface area contributed by atoms with Crippen molar-refractivity contribution < 1.29 is 47.8 Å². The number of rotatable bonds is 41. The van der Waals surface area contributed by atoms with Gasteiger partial charge in [-0.05, 0) is 83.5 Å². The summed E-state index contributed by atoms with van der Waals surface area (Å²) in [4.78, 5) is 35.0. The Morgan fingerprint density at radius 2 is 0.915 bits per heavy atom. The van der Waals surface area contributed by atoms with E-state index >= 15 is 0 Å². The van der Waals surface area contributed by atoms with Crippen LogP contribution in [0.15, 0.2) is 85.1 Å². The Hall–Kier alpha value is -2.85. The molecular weight excluding hydrogens is 767 g/mol. The van der Waals surface area contributed by atoms with Gasteiger partial charge in [0.05, 0.1) is 19.8 Å². The summed E-state index contributed by atoms with van der Waals surface area (Å²) in [5.41, 5.74) is 0. The molecule has 11 heteroatoms. The number of aliphatic hydroxyl groups excluding tert-OH is 2. The normalized spacial score (nSPS) is 14.6. The number of aliphatic hydroxyl groups is 2. The summed E-state index contributed by atoms with van der Waals surface area (Å²) in [6.45, 7) is 2.22. The monoisotopic (exact) mass is 849 g/mol. The van der Waals surface area contributed by atoms with Crippen LogP contribution in [0.1, 0.15) is 168 Å². The lowest BCUT2D eigenvalue weighted by Crippen LogP contribution is -2.29. The van der Waals surface area contributed by atoms with Crippen LogP contribution in [-0.4, -0.2) is 65.7 Å². The topological polar surface area (TPSA) is 149 Å². The Labute approximate surface area is 358 Å². The number of allylic oxidation sites excluding steroid dienone is 14. The lowest BCUT2D eigenvalue weighted by molar-refractivity contribution is -0.161. The predicted molar refractivity (Wildman–Crippen MR) is 242 cm³/mol. The molecule has 59 heavy (non-hydrogen) atoms. The minimum atomic E-state index is -4.64. The summed E-state index contributed by atoms with van der Waals surface area (Å²) in [6, 6.07) is 0. The number of hydrogen-bond donors (Lipinski definition) is 3. The van der Waals surface area contributed by atoms with Crippen molar-refractivity contribution >= 4 is 19.8 Å². The maximum Gasteiger partial charge on any atom is 0.472 e. The van der Waals surface area contributed by atoms with E-state index in [-0.39, 0.29) is 19.4 Å². The maximum atomic E-state index is 12.6. The fourth-order valence-corrected chi connectivity index (χ4v) is 6.32. The molecular formula is C48H81O10P. The van der Waals surface area contributed by atoms with Crippen molar-refractivity contribution in [3.05, 3.63) is 85.1 Å². The number of esters is 2. The molecule has 0 radical (unpaired) electrons. The maximum absolute atomic E-state index is 12.6. The summed E-state index contributed by atoms with van der Waals surface area (Å²) in [7, 11) is -4.64. The molecule has 3 atom stereocenters. The molecule has 338 valence electrons. The largest absolute Gasteiger partial charge is 0.472 e. The van der Waals surface area contributed by atoms with E-state index in [4.69, 9.17) is 19.1 Å². The Bertz CT molecular complexity index is 1250. The molecule has 0 aromatic carbocycles. The molecule has 0 aliphatic rings. The Balaban J connectivity index is 4.42. The van der Waals surface area contributed by atoms with Gasteiger partial charge >= 0.3 is 19.8 Å². The van der Waals surface area contributed by atoms with Gasteiger partial charge in [-0.3, -0.25) is 18.6 Å². The van der Waals surface area contributed by atoms with Gasteiger partial charge in [0.15, 0.2) is 6.10 Å². The van der Waals surface area contributed by atoms with E-state index in [1.807, 2.05) is 12.2 Å². The molecule has 0 fully saturated rings. The zero-order valence-corrected chi connectivity index (χ0v) is 37.6. The average molecular weight is 849 g/mol. The summed E-state index contributed by atoms with van der Waals surface area (Å²) in [5, 5.41) is 18.3. The summed E-state index contributed by atoms with van der Waals surface area (Å²) >= 11 is 0. The van der Waals surface area contributed by atoms with Crippen molar-refractivity contribution in [3.63, 3.8) is 0 Å². The van der Waals surface area contributed by atoms with Gasteiger partial charge in [-0.2, -0.15) is 0 Å². The molecule has 0 bridgehead atoms. The number of phosphoric ester groups is 1. The van der Waals surface area contributed by atoms with Crippen LogP contribution in [-0.2, 0) is 32.7 Å². The van der Waals surface area contributed by atoms with Crippen LogP contribution in [0.3, 0.4) is 0 Å². The summed E-state index contributed by atoms with van der Waals surface area (Å²) in [6.07, 6.45) is 51.3. The smallest absolute Gasteiger partial charge is 0.462 e. The minimum Gasteiger partial charge on any atom is -0.462 e. The Kier molecular flexibility index (Phi) is 41.2. The second kappa shape index (κ2) is 43.2. The second-order valence-electron chi connectivity index (χ2n) is 14.7. The lowest BCUT2D eigenvalue weighted by atomic mass is 10.1. The molecule has 0 saturated heterocycles. The van der Waals surface area contributed by atoms with Crippen LogP contribution >= 0.6 is 7.82 Å². The van der Waals surface area contributed by atoms with Crippen LogP contribution in [0, 0.1) is 0 Å². The third-order valence-electron chi connectivity index (χ3n) is 9.04. The van der Waals surface area contributed by atoms with Gasteiger partial charge in [-0.15, -0.1) is 0 Å². The van der Waals surface area contributed by atoms with Gasteiger partial charge in [0, 0.05) is 12.8 Å². The van der Waals surface area contributed by atoms with Gasteiger partial charge < -0.3 is 24.6 Å². The Morgan fingerprint density at radius 3 is 1.39 bits per heavy atom. The first-order valence-corrected chi connectivity index (χ1v) is 24.0. The molecule has 10 nitrogen and oxygen atoms in total. The summed E-state index contributed by atoms with van der Waals surface area (Å²) in [5.74, 6) is -1.04. The van der Waals surface area contributed by atoms with E-state index in [1.54, 1.807) is 0 Å². The van der Waals surface area contributed by atoms with Gasteiger partial charge in [0.2, 0.25) is 0 Å². The second-order valence-corrected chi connectivity index (χ2v) is 16.2. The fourth-order valence-electron chi connectivity index (χ4n) is 5.53. The average Bonchev–Trinajstić information content (AvgIpc) is 3.22. The van der Waals surface area contributed by atoms with Crippen LogP contribution in [0.4, 0.5) is 0 Å². The van der Waals surface area contributed by atoms with E-state index in [1.165, 1.54) is 64.2 Å². The number of ether oxygens (including phenoxy) is 2. The quantitative estimate of drug-likeness (QED) is 0.0235. The third kappa shape index (κ3) is 43.1. The van der Waals surface area contributed by atoms with Crippen LogP contribution in [0.5, 0.6) is 0 Å². The van der Waals surface area contributed by atoms with Gasteiger partial charge in [0.25, 0.3) is 0 Å². The van der Waals surface area contributed by atoms with Crippen LogP contribution in [0.2, 0.25) is 0 Å². The molecule has 3 N–H and O–H groups in total. The van der Waals surface area contributed by atoms with Gasteiger partial charge in [-0.25, -0.2) is 4.57 Å².